The molecule has 0 radical (unpaired) electrons. The molecular formula is C17H17ClN4O3. The largest absolute Gasteiger partial charge is 0.350 e. The lowest BCUT2D eigenvalue weighted by Gasteiger charge is -2.20. The van der Waals surface area contributed by atoms with Crippen molar-refractivity contribution in [3.8, 4) is 11.3 Å². The topological polar surface area (TPSA) is 90.0 Å². The molecule has 0 unspecified atom stereocenters. The molecule has 1 N–H and O–H groups in total. The molecule has 0 aliphatic rings. The van der Waals surface area contributed by atoms with E-state index in [0.717, 1.165) is 0 Å². The van der Waals surface area contributed by atoms with Crippen molar-refractivity contribution in [3.05, 3.63) is 46.0 Å². The van der Waals surface area contributed by atoms with E-state index >= 15 is 0 Å². The molecule has 2 aromatic heterocycles. The van der Waals surface area contributed by atoms with Gasteiger partial charge in [0.25, 0.3) is 11.3 Å². The number of benzene rings is 1. The maximum Gasteiger partial charge on any atom is 0.267 e. The van der Waals surface area contributed by atoms with Crippen LogP contribution >= 0.6 is 11.6 Å². The van der Waals surface area contributed by atoms with Crippen LogP contribution in [0.3, 0.4) is 0 Å². The van der Waals surface area contributed by atoms with Gasteiger partial charge in [-0.15, -0.1) is 0 Å². The molecule has 2 heterocycles. The molecule has 0 bridgehead atoms. The highest BCUT2D eigenvalue weighted by Gasteiger charge is 2.19. The van der Waals surface area contributed by atoms with Crippen LogP contribution in [0.1, 0.15) is 20.8 Å². The summed E-state index contributed by atoms with van der Waals surface area (Å²) in [5.41, 5.74) is 0.403. The first-order valence-corrected chi connectivity index (χ1v) is 8.04. The second kappa shape index (κ2) is 6.33. The number of carbonyl (C=O) groups is 1. The zero-order valence-corrected chi connectivity index (χ0v) is 14.8. The van der Waals surface area contributed by atoms with E-state index < -0.39 is 0 Å². The highest BCUT2D eigenvalue weighted by Crippen LogP contribution is 2.25. The minimum absolute atomic E-state index is 0.127. The average molecular weight is 361 g/mol. The van der Waals surface area contributed by atoms with Gasteiger partial charge < -0.3 is 9.84 Å². The summed E-state index contributed by atoms with van der Waals surface area (Å²) in [5.74, 6) is -0.278. The van der Waals surface area contributed by atoms with Crippen molar-refractivity contribution < 1.29 is 9.32 Å². The van der Waals surface area contributed by atoms with Crippen molar-refractivity contribution in [2.24, 2.45) is 0 Å². The van der Waals surface area contributed by atoms with Gasteiger partial charge in [-0.2, -0.15) is 0 Å². The molecule has 3 rings (SSSR count). The number of nitrogens with zero attached hydrogens (tertiary/aromatic N) is 3. The normalized spacial score (nSPS) is 11.7. The summed E-state index contributed by atoms with van der Waals surface area (Å²) in [7, 11) is 0. The average Bonchev–Trinajstić information content (AvgIpc) is 2.94. The van der Waals surface area contributed by atoms with Crippen molar-refractivity contribution in [1.82, 2.24) is 20.0 Å². The number of carbonyl (C=O) groups excluding carboxylic acids is 1. The van der Waals surface area contributed by atoms with Gasteiger partial charge in [-0.05, 0) is 32.9 Å². The van der Waals surface area contributed by atoms with Gasteiger partial charge >= 0.3 is 0 Å². The number of hydrogen-bond acceptors (Lipinski definition) is 5. The second-order valence-corrected chi connectivity index (χ2v) is 7.13. The van der Waals surface area contributed by atoms with Crippen molar-refractivity contribution in [2.45, 2.75) is 32.9 Å². The fraction of sp³-hybridized carbons (Fsp3) is 0.294. The van der Waals surface area contributed by atoms with E-state index in [0.29, 0.717) is 16.3 Å². The van der Waals surface area contributed by atoms with Crippen LogP contribution in [0, 0.1) is 0 Å². The lowest BCUT2D eigenvalue weighted by molar-refractivity contribution is -0.123. The number of rotatable bonds is 3. The smallest absolute Gasteiger partial charge is 0.267 e. The third-order valence-corrected chi connectivity index (χ3v) is 3.66. The molecule has 130 valence electrons. The van der Waals surface area contributed by atoms with Gasteiger partial charge in [0.05, 0.1) is 0 Å². The Bertz CT molecular complexity index is 984. The molecule has 8 heteroatoms. The Morgan fingerprint density at radius 1 is 1.28 bits per heavy atom. The first kappa shape index (κ1) is 17.2. The molecule has 1 aromatic carbocycles. The van der Waals surface area contributed by atoms with Crippen LogP contribution in [-0.2, 0) is 11.3 Å². The molecule has 0 fully saturated rings. The van der Waals surface area contributed by atoms with Gasteiger partial charge in [0, 0.05) is 16.1 Å². The van der Waals surface area contributed by atoms with Crippen LogP contribution in [0.15, 0.2) is 39.9 Å². The number of aromatic nitrogens is 3. The van der Waals surface area contributed by atoms with Gasteiger partial charge in [0.15, 0.2) is 0 Å². The predicted octanol–water partition coefficient (Wildman–Crippen LogP) is 2.62. The molecule has 0 spiro atoms. The molecular weight excluding hydrogens is 344 g/mol. The van der Waals surface area contributed by atoms with Crippen LogP contribution in [0.2, 0.25) is 5.02 Å². The first-order chi connectivity index (χ1) is 11.7. The summed E-state index contributed by atoms with van der Waals surface area (Å²) in [5, 5.41) is 7.56. The summed E-state index contributed by atoms with van der Waals surface area (Å²) in [6.07, 6.45) is 1.28. The van der Waals surface area contributed by atoms with Gasteiger partial charge in [-0.25, -0.2) is 4.98 Å². The minimum Gasteiger partial charge on any atom is -0.350 e. The quantitative estimate of drug-likeness (QED) is 0.775. The molecule has 25 heavy (non-hydrogen) atoms. The number of nitrogens with one attached hydrogen (secondary N) is 1. The van der Waals surface area contributed by atoms with Crippen LogP contribution in [0.25, 0.3) is 22.4 Å². The summed E-state index contributed by atoms with van der Waals surface area (Å²) in [4.78, 5) is 28.9. The maximum absolute atomic E-state index is 12.8. The maximum atomic E-state index is 12.8. The Balaban J connectivity index is 2.02. The summed E-state index contributed by atoms with van der Waals surface area (Å²) < 4.78 is 6.38. The third kappa shape index (κ3) is 3.71. The Morgan fingerprint density at radius 2 is 1.96 bits per heavy atom. The summed E-state index contributed by atoms with van der Waals surface area (Å²) >= 11 is 5.89. The fourth-order valence-corrected chi connectivity index (χ4v) is 2.54. The predicted molar refractivity (Wildman–Crippen MR) is 94.4 cm³/mol. The van der Waals surface area contributed by atoms with Crippen LogP contribution < -0.4 is 10.9 Å². The van der Waals surface area contributed by atoms with Crippen molar-refractivity contribution in [3.63, 3.8) is 0 Å². The molecule has 3 aromatic rings. The van der Waals surface area contributed by atoms with Crippen molar-refractivity contribution >= 4 is 28.6 Å². The molecule has 0 saturated carbocycles. The number of fused-ring (bicyclic) bond motifs is 1. The molecule has 0 atom stereocenters. The monoisotopic (exact) mass is 360 g/mol. The minimum atomic E-state index is -0.389. The Morgan fingerprint density at radius 3 is 2.60 bits per heavy atom. The Labute approximate surface area is 148 Å². The molecule has 0 aliphatic carbocycles. The number of hydrogen-bond donors (Lipinski definition) is 1. The van der Waals surface area contributed by atoms with E-state index in [2.05, 4.69) is 15.5 Å². The van der Waals surface area contributed by atoms with E-state index in [1.165, 1.54) is 10.9 Å². The van der Waals surface area contributed by atoms with E-state index in [1.54, 1.807) is 24.3 Å². The molecule has 0 aliphatic heterocycles. The van der Waals surface area contributed by atoms with E-state index in [1.807, 2.05) is 20.8 Å². The third-order valence-electron chi connectivity index (χ3n) is 3.41. The lowest BCUT2D eigenvalue weighted by Crippen LogP contribution is -2.43. The number of amides is 1. The molecule has 1 amide bonds. The Kier molecular flexibility index (Phi) is 4.34. The van der Waals surface area contributed by atoms with Gasteiger partial charge in [-0.1, -0.05) is 28.9 Å². The second-order valence-electron chi connectivity index (χ2n) is 6.69. The zero-order chi connectivity index (χ0) is 18.2. The van der Waals surface area contributed by atoms with E-state index in [9.17, 15) is 9.59 Å². The fourth-order valence-electron chi connectivity index (χ4n) is 2.41. The summed E-state index contributed by atoms with van der Waals surface area (Å²) in [6, 6.07) is 6.87. The van der Waals surface area contributed by atoms with E-state index in [4.69, 9.17) is 16.1 Å². The molecule has 7 nitrogen and oxygen atoms in total. The highest BCUT2D eigenvalue weighted by atomic mass is 35.5. The highest BCUT2D eigenvalue weighted by molar-refractivity contribution is 6.30. The van der Waals surface area contributed by atoms with Crippen molar-refractivity contribution in [1.29, 1.82) is 0 Å². The molecule has 0 saturated heterocycles. The van der Waals surface area contributed by atoms with Gasteiger partial charge in [0.1, 0.15) is 24.0 Å². The van der Waals surface area contributed by atoms with Crippen LogP contribution in [0.4, 0.5) is 0 Å². The Hall–Kier alpha value is -2.67. The lowest BCUT2D eigenvalue weighted by atomic mass is 10.1. The van der Waals surface area contributed by atoms with Gasteiger partial charge in [0.2, 0.25) is 5.91 Å². The first-order valence-electron chi connectivity index (χ1n) is 7.66. The van der Waals surface area contributed by atoms with Crippen LogP contribution in [0.5, 0.6) is 0 Å². The number of halogens is 1. The van der Waals surface area contributed by atoms with Crippen LogP contribution in [-0.4, -0.2) is 26.2 Å². The van der Waals surface area contributed by atoms with Gasteiger partial charge in [-0.3, -0.25) is 14.2 Å². The SMILES string of the molecule is CC(C)(C)NC(=O)Cn1cnc2onc(-c3ccc(Cl)cc3)c2c1=O. The zero-order valence-electron chi connectivity index (χ0n) is 14.0. The standard InChI is InChI=1S/C17H17ClN4O3/c1-17(2,3)20-12(23)8-22-9-19-15-13(16(22)24)14(21-25-15)10-4-6-11(18)7-5-10/h4-7,9H,8H2,1-3H3,(H,20,23). The van der Waals surface area contributed by atoms with E-state index in [-0.39, 0.29) is 34.6 Å². The van der Waals surface area contributed by atoms with Crippen molar-refractivity contribution in [2.75, 3.05) is 0 Å². The summed E-state index contributed by atoms with van der Waals surface area (Å²) in [6.45, 7) is 5.47.